The van der Waals surface area contributed by atoms with E-state index in [9.17, 15) is 19.7 Å². The monoisotopic (exact) mass is 341 g/mol. The Hall–Kier alpha value is -3.42. The van der Waals surface area contributed by atoms with Gasteiger partial charge in [0.1, 0.15) is 5.75 Å². The zero-order valence-electron chi connectivity index (χ0n) is 13.2. The lowest BCUT2D eigenvalue weighted by atomic mass is 10.1. The van der Waals surface area contributed by atoms with E-state index >= 15 is 0 Å². The third-order valence-corrected chi connectivity index (χ3v) is 3.97. The van der Waals surface area contributed by atoms with Gasteiger partial charge >= 0.3 is 0 Å². The molecular weight excluding hydrogens is 326 g/mol. The van der Waals surface area contributed by atoms with Crippen LogP contribution < -0.4 is 15.4 Å². The smallest absolute Gasteiger partial charge is 0.269 e. The Morgan fingerprint density at radius 1 is 1.24 bits per heavy atom. The van der Waals surface area contributed by atoms with Crippen LogP contribution in [0.4, 0.5) is 11.4 Å². The van der Waals surface area contributed by atoms with Crippen molar-refractivity contribution in [2.75, 3.05) is 18.1 Å². The number of carbonyl (C=O) groups excluding carboxylic acids is 2. The van der Waals surface area contributed by atoms with Gasteiger partial charge in [0.05, 0.1) is 10.5 Å². The molecule has 3 rings (SSSR count). The maximum Gasteiger partial charge on any atom is 0.269 e. The predicted molar refractivity (Wildman–Crippen MR) is 89.6 cm³/mol. The molecule has 0 radical (unpaired) electrons. The number of nitrogens with two attached hydrogens (primary N) is 1. The summed E-state index contributed by atoms with van der Waals surface area (Å²) in [6.07, 6.45) is 0.542. The Morgan fingerprint density at radius 3 is 2.72 bits per heavy atom. The van der Waals surface area contributed by atoms with E-state index in [1.165, 1.54) is 23.1 Å². The summed E-state index contributed by atoms with van der Waals surface area (Å²) in [5, 5.41) is 10.8. The van der Waals surface area contributed by atoms with Gasteiger partial charge in [0.25, 0.3) is 17.5 Å². The first-order valence-corrected chi connectivity index (χ1v) is 7.56. The normalized spacial score (nSPS) is 12.6. The first-order valence-electron chi connectivity index (χ1n) is 7.56. The number of hydrogen-bond donors (Lipinski definition) is 1. The topological polar surface area (TPSA) is 116 Å². The maximum atomic E-state index is 12.4. The number of non-ortho nitro benzene ring substituents is 1. The van der Waals surface area contributed by atoms with Crippen molar-refractivity contribution in [3.8, 4) is 5.75 Å². The molecule has 8 nitrogen and oxygen atoms in total. The van der Waals surface area contributed by atoms with E-state index in [1.807, 2.05) is 0 Å². The Balaban J connectivity index is 1.72. The van der Waals surface area contributed by atoms with Gasteiger partial charge in [0.15, 0.2) is 6.61 Å². The highest BCUT2D eigenvalue weighted by atomic mass is 16.6. The van der Waals surface area contributed by atoms with E-state index in [0.717, 1.165) is 5.56 Å². The van der Waals surface area contributed by atoms with Crippen molar-refractivity contribution in [1.82, 2.24) is 0 Å². The van der Waals surface area contributed by atoms with Crippen LogP contribution in [0.1, 0.15) is 15.9 Å². The Labute approximate surface area is 142 Å². The van der Waals surface area contributed by atoms with Crippen molar-refractivity contribution >= 4 is 23.2 Å². The summed E-state index contributed by atoms with van der Waals surface area (Å²) in [4.78, 5) is 35.7. The van der Waals surface area contributed by atoms with Gasteiger partial charge in [0.2, 0.25) is 0 Å². The molecule has 2 aromatic carbocycles. The molecule has 2 amide bonds. The number of anilines is 1. The second-order valence-electron chi connectivity index (χ2n) is 5.51. The molecule has 128 valence electrons. The van der Waals surface area contributed by atoms with Gasteiger partial charge in [-0.1, -0.05) is 12.1 Å². The molecule has 0 fully saturated rings. The van der Waals surface area contributed by atoms with Crippen LogP contribution in [0, 0.1) is 10.1 Å². The molecule has 25 heavy (non-hydrogen) atoms. The quantitative estimate of drug-likeness (QED) is 0.656. The summed E-state index contributed by atoms with van der Waals surface area (Å²) >= 11 is 0. The SMILES string of the molecule is NC(=O)c1ccccc1OCC(=O)N1CCc2cc([N+](=O)[O-])ccc21. The summed E-state index contributed by atoms with van der Waals surface area (Å²) in [5.41, 5.74) is 6.87. The van der Waals surface area contributed by atoms with Crippen LogP contribution in [0.2, 0.25) is 0 Å². The number of ether oxygens (including phenoxy) is 1. The largest absolute Gasteiger partial charge is 0.483 e. The second-order valence-corrected chi connectivity index (χ2v) is 5.51. The molecule has 0 aromatic heterocycles. The van der Waals surface area contributed by atoms with E-state index in [4.69, 9.17) is 10.5 Å². The lowest BCUT2D eigenvalue weighted by Gasteiger charge is -2.18. The number of carbonyl (C=O) groups is 2. The zero-order chi connectivity index (χ0) is 18.0. The van der Waals surface area contributed by atoms with Crippen LogP contribution in [0.25, 0.3) is 0 Å². The third kappa shape index (κ3) is 3.27. The molecule has 1 heterocycles. The Bertz CT molecular complexity index is 865. The minimum Gasteiger partial charge on any atom is -0.483 e. The highest BCUT2D eigenvalue weighted by molar-refractivity contribution is 5.98. The number of hydrogen-bond acceptors (Lipinski definition) is 5. The summed E-state index contributed by atoms with van der Waals surface area (Å²) in [5.74, 6) is -0.694. The molecule has 2 aromatic rings. The molecule has 0 bridgehead atoms. The van der Waals surface area contributed by atoms with Crippen LogP contribution in [0.15, 0.2) is 42.5 Å². The molecule has 2 N–H and O–H groups in total. The van der Waals surface area contributed by atoms with Crippen LogP contribution in [-0.2, 0) is 11.2 Å². The minimum atomic E-state index is -0.637. The third-order valence-electron chi connectivity index (χ3n) is 3.97. The summed E-state index contributed by atoms with van der Waals surface area (Å²) < 4.78 is 5.45. The van der Waals surface area contributed by atoms with Gasteiger partial charge in [-0.05, 0) is 30.2 Å². The molecule has 0 spiro atoms. The highest BCUT2D eigenvalue weighted by Crippen LogP contribution is 2.31. The van der Waals surface area contributed by atoms with Gasteiger partial charge in [-0.3, -0.25) is 19.7 Å². The molecule has 0 unspecified atom stereocenters. The van der Waals surface area contributed by atoms with Crippen molar-refractivity contribution in [3.05, 3.63) is 63.7 Å². The average Bonchev–Trinajstić information content (AvgIpc) is 3.03. The standard InChI is InChI=1S/C17H15N3O5/c18-17(22)13-3-1-2-4-15(13)25-10-16(21)19-8-7-11-9-12(20(23)24)5-6-14(11)19/h1-6,9H,7-8,10H2,(H2,18,22). The molecule has 0 atom stereocenters. The molecule has 0 saturated carbocycles. The van der Waals surface area contributed by atoms with Crippen molar-refractivity contribution in [2.24, 2.45) is 5.73 Å². The van der Waals surface area contributed by atoms with Gasteiger partial charge < -0.3 is 15.4 Å². The van der Waals surface area contributed by atoms with Gasteiger partial charge in [-0.15, -0.1) is 0 Å². The fourth-order valence-electron chi connectivity index (χ4n) is 2.77. The highest BCUT2D eigenvalue weighted by Gasteiger charge is 2.26. The van der Waals surface area contributed by atoms with E-state index in [2.05, 4.69) is 0 Å². The van der Waals surface area contributed by atoms with Gasteiger partial charge in [-0.2, -0.15) is 0 Å². The van der Waals surface area contributed by atoms with Crippen molar-refractivity contribution < 1.29 is 19.2 Å². The maximum absolute atomic E-state index is 12.4. The number of benzene rings is 2. The van der Waals surface area contributed by atoms with Crippen LogP contribution in [0.5, 0.6) is 5.75 Å². The predicted octanol–water partition coefficient (Wildman–Crippen LogP) is 1.66. The summed E-state index contributed by atoms with van der Waals surface area (Å²) in [7, 11) is 0. The minimum absolute atomic E-state index is 0.000292. The summed E-state index contributed by atoms with van der Waals surface area (Å²) in [6, 6.07) is 10.8. The first-order chi connectivity index (χ1) is 12.0. The Kier molecular flexibility index (Phi) is 4.34. The number of nitro benzene ring substituents is 1. The van der Waals surface area contributed by atoms with Crippen molar-refractivity contribution in [3.63, 3.8) is 0 Å². The molecule has 1 aliphatic heterocycles. The summed E-state index contributed by atoms with van der Waals surface area (Å²) in [6.45, 7) is 0.164. The number of nitro groups is 1. The average molecular weight is 341 g/mol. The Morgan fingerprint density at radius 2 is 2.00 bits per heavy atom. The van der Waals surface area contributed by atoms with Crippen LogP contribution in [-0.4, -0.2) is 29.9 Å². The fourth-order valence-corrected chi connectivity index (χ4v) is 2.77. The molecule has 8 heteroatoms. The van der Waals surface area contributed by atoms with Crippen molar-refractivity contribution in [2.45, 2.75) is 6.42 Å². The van der Waals surface area contributed by atoms with E-state index < -0.39 is 10.8 Å². The lowest BCUT2D eigenvalue weighted by Crippen LogP contribution is -2.33. The van der Waals surface area contributed by atoms with Crippen LogP contribution >= 0.6 is 0 Å². The lowest BCUT2D eigenvalue weighted by molar-refractivity contribution is -0.384. The van der Waals surface area contributed by atoms with E-state index in [0.29, 0.717) is 18.7 Å². The van der Waals surface area contributed by atoms with Crippen molar-refractivity contribution in [1.29, 1.82) is 0 Å². The number of primary amides is 1. The number of nitrogens with zero attached hydrogens (tertiary/aromatic N) is 2. The molecule has 0 aliphatic carbocycles. The number of amides is 2. The van der Waals surface area contributed by atoms with Crippen LogP contribution in [0.3, 0.4) is 0 Å². The number of rotatable bonds is 5. The molecule has 0 saturated heterocycles. The second kappa shape index (κ2) is 6.60. The fraction of sp³-hybridized carbons (Fsp3) is 0.176. The zero-order valence-corrected chi connectivity index (χ0v) is 13.2. The molecule has 1 aliphatic rings. The molecular formula is C17H15N3O5. The van der Waals surface area contributed by atoms with Gasteiger partial charge in [0, 0.05) is 24.4 Å². The number of fused-ring (bicyclic) bond motifs is 1. The first kappa shape index (κ1) is 16.4. The van der Waals surface area contributed by atoms with E-state index in [-0.39, 0.29) is 29.5 Å². The van der Waals surface area contributed by atoms with E-state index in [1.54, 1.807) is 24.3 Å². The number of para-hydroxylation sites is 1. The van der Waals surface area contributed by atoms with Gasteiger partial charge in [-0.25, -0.2) is 0 Å².